The summed E-state index contributed by atoms with van der Waals surface area (Å²) in [6, 6.07) is 3.59. The Labute approximate surface area is 83.1 Å². The maximum atomic E-state index is 12.1. The van der Waals surface area contributed by atoms with Gasteiger partial charge in [-0.2, -0.15) is 18.4 Å². The first-order valence-electron chi connectivity index (χ1n) is 3.82. The molecule has 0 atom stereocenters. The molecule has 15 heavy (non-hydrogen) atoms. The molecule has 0 bridgehead atoms. The van der Waals surface area contributed by atoms with E-state index in [1.807, 2.05) is 0 Å². The zero-order chi connectivity index (χ0) is 11.5. The van der Waals surface area contributed by atoms with Crippen LogP contribution in [0.3, 0.4) is 0 Å². The Morgan fingerprint density at radius 3 is 2.20 bits per heavy atom. The fourth-order valence-corrected chi connectivity index (χ4v) is 0.934. The van der Waals surface area contributed by atoms with E-state index in [0.29, 0.717) is 0 Å². The maximum Gasteiger partial charge on any atom is 0.416 e. The normalized spacial score (nSPS) is 10.5. The summed E-state index contributed by atoms with van der Waals surface area (Å²) in [4.78, 5) is 11.0. The number of carbonyl (C=O) groups excluding carboxylic acids is 1. The van der Waals surface area contributed by atoms with Crippen LogP contribution in [0.1, 0.15) is 15.9 Å². The molecule has 1 N–H and O–H groups in total. The van der Waals surface area contributed by atoms with Crippen molar-refractivity contribution in [2.75, 3.05) is 0 Å². The number of amides is 1. The first-order chi connectivity index (χ1) is 6.95. The van der Waals surface area contributed by atoms with Crippen molar-refractivity contribution in [2.45, 2.75) is 6.18 Å². The molecule has 1 amide bonds. The zero-order valence-corrected chi connectivity index (χ0v) is 7.30. The van der Waals surface area contributed by atoms with Gasteiger partial charge in [0.1, 0.15) is 0 Å². The molecular weight excluding hydrogens is 209 g/mol. The number of alkyl halides is 3. The number of benzene rings is 1. The van der Waals surface area contributed by atoms with Gasteiger partial charge in [-0.25, -0.2) is 0 Å². The second-order valence-electron chi connectivity index (χ2n) is 2.64. The van der Waals surface area contributed by atoms with Crippen molar-refractivity contribution in [3.8, 4) is 6.19 Å². The van der Waals surface area contributed by atoms with Gasteiger partial charge in [0.25, 0.3) is 5.91 Å². The topological polar surface area (TPSA) is 52.9 Å². The third-order valence-electron chi connectivity index (χ3n) is 1.64. The molecule has 0 radical (unpaired) electrons. The molecule has 0 aliphatic rings. The second-order valence-corrected chi connectivity index (χ2v) is 2.64. The van der Waals surface area contributed by atoms with E-state index >= 15 is 0 Å². The quantitative estimate of drug-likeness (QED) is 0.573. The van der Waals surface area contributed by atoms with Gasteiger partial charge >= 0.3 is 6.18 Å². The van der Waals surface area contributed by atoms with Crippen LogP contribution in [-0.2, 0) is 6.18 Å². The van der Waals surface area contributed by atoms with Crippen molar-refractivity contribution in [2.24, 2.45) is 0 Å². The van der Waals surface area contributed by atoms with Crippen LogP contribution in [0.5, 0.6) is 0 Å². The van der Waals surface area contributed by atoms with Gasteiger partial charge in [0.15, 0.2) is 6.19 Å². The standard InChI is InChI=1S/C9H5F3N2O/c10-9(11,12)7-3-1-6(2-4-7)8(15)14-5-13/h1-4H,(H,14,15). The summed E-state index contributed by atoms with van der Waals surface area (Å²) in [5, 5.41) is 9.93. The van der Waals surface area contributed by atoms with Crippen molar-refractivity contribution >= 4 is 5.91 Å². The molecule has 0 unspecified atom stereocenters. The first-order valence-corrected chi connectivity index (χ1v) is 3.82. The van der Waals surface area contributed by atoms with Gasteiger partial charge in [0, 0.05) is 5.56 Å². The molecule has 1 rings (SSSR count). The number of carbonyl (C=O) groups is 1. The summed E-state index contributed by atoms with van der Waals surface area (Å²) in [7, 11) is 0. The molecule has 6 heteroatoms. The highest BCUT2D eigenvalue weighted by Crippen LogP contribution is 2.28. The number of rotatable bonds is 1. The van der Waals surface area contributed by atoms with E-state index in [2.05, 4.69) is 0 Å². The number of nitriles is 1. The van der Waals surface area contributed by atoms with E-state index in [-0.39, 0.29) is 5.56 Å². The average Bonchev–Trinajstić information content (AvgIpc) is 2.17. The van der Waals surface area contributed by atoms with Crippen molar-refractivity contribution in [3.05, 3.63) is 35.4 Å². The second kappa shape index (κ2) is 4.00. The number of hydrogen-bond acceptors (Lipinski definition) is 2. The van der Waals surface area contributed by atoms with Gasteiger partial charge < -0.3 is 0 Å². The first kappa shape index (κ1) is 11.0. The van der Waals surface area contributed by atoms with Crippen LogP contribution in [0.15, 0.2) is 24.3 Å². The summed E-state index contributed by atoms with van der Waals surface area (Å²) < 4.78 is 36.3. The fraction of sp³-hybridized carbons (Fsp3) is 0.111. The Kier molecular flexibility index (Phi) is 2.95. The molecule has 0 aliphatic heterocycles. The van der Waals surface area contributed by atoms with E-state index in [1.165, 1.54) is 6.19 Å². The number of hydrogen-bond donors (Lipinski definition) is 1. The van der Waals surface area contributed by atoms with Crippen LogP contribution in [-0.4, -0.2) is 5.91 Å². The van der Waals surface area contributed by atoms with Gasteiger partial charge in [-0.1, -0.05) is 0 Å². The minimum Gasteiger partial charge on any atom is -0.268 e. The lowest BCUT2D eigenvalue weighted by atomic mass is 10.1. The minimum absolute atomic E-state index is 0.00421. The largest absolute Gasteiger partial charge is 0.416 e. The van der Waals surface area contributed by atoms with Crippen LogP contribution >= 0.6 is 0 Å². The van der Waals surface area contributed by atoms with E-state index in [0.717, 1.165) is 24.3 Å². The van der Waals surface area contributed by atoms with E-state index < -0.39 is 17.6 Å². The maximum absolute atomic E-state index is 12.1. The lowest BCUT2D eigenvalue weighted by molar-refractivity contribution is -0.137. The summed E-state index contributed by atoms with van der Waals surface area (Å²) in [5.74, 6) is -0.730. The van der Waals surface area contributed by atoms with Crippen LogP contribution in [0.4, 0.5) is 13.2 Å². The highest BCUT2D eigenvalue weighted by Gasteiger charge is 2.30. The summed E-state index contributed by atoms with van der Waals surface area (Å²) in [5.41, 5.74) is -0.833. The summed E-state index contributed by atoms with van der Waals surface area (Å²) >= 11 is 0. The monoisotopic (exact) mass is 214 g/mol. The molecule has 0 heterocycles. The molecular formula is C9H5F3N2O. The Morgan fingerprint density at radius 1 is 1.27 bits per heavy atom. The van der Waals surface area contributed by atoms with Gasteiger partial charge in [-0.05, 0) is 24.3 Å². The number of nitrogens with zero attached hydrogens (tertiary/aromatic N) is 1. The average molecular weight is 214 g/mol. The Morgan fingerprint density at radius 2 is 1.80 bits per heavy atom. The molecule has 0 aliphatic carbocycles. The van der Waals surface area contributed by atoms with Gasteiger partial charge in [0.2, 0.25) is 0 Å². The highest BCUT2D eigenvalue weighted by atomic mass is 19.4. The summed E-state index contributed by atoms with van der Waals surface area (Å²) in [6.45, 7) is 0. The van der Waals surface area contributed by atoms with Crippen molar-refractivity contribution in [1.82, 2.24) is 5.32 Å². The van der Waals surface area contributed by atoms with Crippen molar-refractivity contribution < 1.29 is 18.0 Å². The minimum atomic E-state index is -4.43. The molecule has 0 saturated carbocycles. The SMILES string of the molecule is N#CNC(=O)c1ccc(C(F)(F)F)cc1. The predicted octanol–water partition coefficient (Wildman–Crippen LogP) is 1.92. The highest BCUT2D eigenvalue weighted by molar-refractivity contribution is 5.95. The zero-order valence-electron chi connectivity index (χ0n) is 7.30. The van der Waals surface area contributed by atoms with E-state index in [1.54, 1.807) is 5.32 Å². The Bertz CT molecular complexity index is 403. The van der Waals surface area contributed by atoms with E-state index in [9.17, 15) is 18.0 Å². The summed E-state index contributed by atoms with van der Waals surface area (Å²) in [6.07, 6.45) is -3.04. The molecule has 78 valence electrons. The number of halogens is 3. The van der Waals surface area contributed by atoms with Crippen molar-refractivity contribution in [1.29, 1.82) is 5.26 Å². The van der Waals surface area contributed by atoms with Crippen LogP contribution in [0.2, 0.25) is 0 Å². The smallest absolute Gasteiger partial charge is 0.268 e. The molecule has 0 fully saturated rings. The lowest BCUT2D eigenvalue weighted by Crippen LogP contribution is -2.17. The van der Waals surface area contributed by atoms with Gasteiger partial charge in [0.05, 0.1) is 5.56 Å². The molecule has 0 aromatic heterocycles. The number of nitrogens with one attached hydrogen (secondary N) is 1. The fourth-order valence-electron chi connectivity index (χ4n) is 0.934. The van der Waals surface area contributed by atoms with Gasteiger partial charge in [-0.15, -0.1) is 0 Å². The Hall–Kier alpha value is -2.03. The lowest BCUT2D eigenvalue weighted by Gasteiger charge is -2.06. The molecule has 0 saturated heterocycles. The van der Waals surface area contributed by atoms with Gasteiger partial charge in [-0.3, -0.25) is 10.1 Å². The molecule has 1 aromatic carbocycles. The van der Waals surface area contributed by atoms with Crippen molar-refractivity contribution in [3.63, 3.8) is 0 Å². The van der Waals surface area contributed by atoms with Crippen LogP contribution in [0, 0.1) is 11.5 Å². The van der Waals surface area contributed by atoms with E-state index in [4.69, 9.17) is 5.26 Å². The van der Waals surface area contributed by atoms with Crippen LogP contribution in [0.25, 0.3) is 0 Å². The molecule has 3 nitrogen and oxygen atoms in total. The third-order valence-corrected chi connectivity index (χ3v) is 1.64. The predicted molar refractivity (Wildman–Crippen MR) is 44.5 cm³/mol. The third kappa shape index (κ3) is 2.71. The Balaban J connectivity index is 2.92. The molecule has 1 aromatic rings. The molecule has 0 spiro atoms. The van der Waals surface area contributed by atoms with Crippen LogP contribution < -0.4 is 5.32 Å².